The van der Waals surface area contributed by atoms with Crippen molar-refractivity contribution in [1.29, 1.82) is 0 Å². The van der Waals surface area contributed by atoms with Crippen molar-refractivity contribution in [1.82, 2.24) is 18.7 Å². The van der Waals surface area contributed by atoms with Crippen LogP contribution in [0, 0.1) is 0 Å². The third kappa shape index (κ3) is 3.56. The smallest absolute Gasteiger partial charge is 0.352 e. The Morgan fingerprint density at radius 3 is 2.50 bits per heavy atom. The SMILES string of the molecule is COc1ccc(Cn2c(=O)c3sccc3n3c(=O)n(CCOc4ccccc4)nc23)cc1. The van der Waals surface area contributed by atoms with E-state index in [0.717, 1.165) is 17.1 Å². The number of rotatable bonds is 7. The summed E-state index contributed by atoms with van der Waals surface area (Å²) < 4.78 is 15.8. The van der Waals surface area contributed by atoms with E-state index >= 15 is 0 Å². The first-order chi connectivity index (χ1) is 15.7. The first-order valence-electron chi connectivity index (χ1n) is 10.1. The zero-order valence-corrected chi connectivity index (χ0v) is 18.1. The molecule has 0 aliphatic heterocycles. The molecule has 0 radical (unpaired) electrons. The van der Waals surface area contributed by atoms with E-state index in [9.17, 15) is 9.59 Å². The summed E-state index contributed by atoms with van der Waals surface area (Å²) in [5.41, 5.74) is 1.00. The van der Waals surface area contributed by atoms with Gasteiger partial charge in [0, 0.05) is 0 Å². The minimum absolute atomic E-state index is 0.170. The summed E-state index contributed by atoms with van der Waals surface area (Å²) in [4.78, 5) is 26.4. The predicted molar refractivity (Wildman–Crippen MR) is 123 cm³/mol. The van der Waals surface area contributed by atoms with E-state index in [4.69, 9.17) is 9.47 Å². The normalized spacial score (nSPS) is 11.3. The molecule has 5 rings (SSSR count). The number of aromatic nitrogens is 4. The first kappa shape index (κ1) is 20.1. The van der Waals surface area contributed by atoms with E-state index in [0.29, 0.717) is 16.0 Å². The molecule has 0 spiro atoms. The van der Waals surface area contributed by atoms with Gasteiger partial charge in [-0.3, -0.25) is 9.36 Å². The molecule has 0 unspecified atom stereocenters. The van der Waals surface area contributed by atoms with Gasteiger partial charge < -0.3 is 9.47 Å². The summed E-state index contributed by atoms with van der Waals surface area (Å²) in [5, 5.41) is 6.30. The quantitative estimate of drug-likeness (QED) is 0.382. The van der Waals surface area contributed by atoms with Gasteiger partial charge >= 0.3 is 5.69 Å². The maximum atomic E-state index is 13.2. The fourth-order valence-electron chi connectivity index (χ4n) is 3.60. The summed E-state index contributed by atoms with van der Waals surface area (Å²) in [6, 6.07) is 18.6. The molecule has 9 heteroatoms. The lowest BCUT2D eigenvalue weighted by Crippen LogP contribution is -2.26. The van der Waals surface area contributed by atoms with Crippen molar-refractivity contribution >= 4 is 27.3 Å². The van der Waals surface area contributed by atoms with Crippen molar-refractivity contribution in [2.75, 3.05) is 13.7 Å². The predicted octanol–water partition coefficient (Wildman–Crippen LogP) is 3.01. The van der Waals surface area contributed by atoms with Crippen LogP contribution in [0.25, 0.3) is 16.0 Å². The van der Waals surface area contributed by atoms with Gasteiger partial charge in [-0.15, -0.1) is 16.4 Å². The van der Waals surface area contributed by atoms with E-state index in [1.807, 2.05) is 60.0 Å². The molecule has 0 amide bonds. The highest BCUT2D eigenvalue weighted by molar-refractivity contribution is 7.17. The molecule has 8 nitrogen and oxygen atoms in total. The highest BCUT2D eigenvalue weighted by Gasteiger charge is 2.18. The van der Waals surface area contributed by atoms with Gasteiger partial charge in [0.2, 0.25) is 5.78 Å². The zero-order valence-electron chi connectivity index (χ0n) is 17.3. The van der Waals surface area contributed by atoms with E-state index in [-0.39, 0.29) is 30.9 Å². The Morgan fingerprint density at radius 1 is 0.969 bits per heavy atom. The van der Waals surface area contributed by atoms with E-state index < -0.39 is 0 Å². The second kappa shape index (κ2) is 8.35. The molecule has 0 aliphatic carbocycles. The molecular weight excluding hydrogens is 428 g/mol. The lowest BCUT2D eigenvalue weighted by Gasteiger charge is -2.08. The molecule has 3 heterocycles. The Hall–Kier alpha value is -3.85. The third-order valence-corrected chi connectivity index (χ3v) is 6.09. The molecule has 0 bridgehead atoms. The van der Waals surface area contributed by atoms with Gasteiger partial charge in [0.15, 0.2) is 0 Å². The van der Waals surface area contributed by atoms with Gasteiger partial charge in [0.25, 0.3) is 5.56 Å². The molecule has 0 atom stereocenters. The van der Waals surface area contributed by atoms with Gasteiger partial charge in [-0.1, -0.05) is 30.3 Å². The minimum Gasteiger partial charge on any atom is -0.497 e. The highest BCUT2D eigenvalue weighted by atomic mass is 32.1. The Labute approximate surface area is 186 Å². The number of hydrogen-bond donors (Lipinski definition) is 0. The first-order valence-corrected chi connectivity index (χ1v) is 10.9. The molecule has 0 saturated heterocycles. The molecule has 0 N–H and O–H groups in total. The number of hydrogen-bond acceptors (Lipinski definition) is 6. The number of thiophene rings is 1. The number of ether oxygens (including phenoxy) is 2. The molecule has 32 heavy (non-hydrogen) atoms. The number of benzene rings is 2. The van der Waals surface area contributed by atoms with Crippen LogP contribution in [0.1, 0.15) is 5.56 Å². The summed E-state index contributed by atoms with van der Waals surface area (Å²) in [7, 11) is 1.61. The van der Waals surface area contributed by atoms with Gasteiger partial charge in [-0.25, -0.2) is 13.9 Å². The van der Waals surface area contributed by atoms with Crippen molar-refractivity contribution in [3.8, 4) is 11.5 Å². The Morgan fingerprint density at radius 2 is 1.75 bits per heavy atom. The molecule has 0 aliphatic rings. The van der Waals surface area contributed by atoms with Gasteiger partial charge in [-0.2, -0.15) is 0 Å². The van der Waals surface area contributed by atoms with E-state index in [1.165, 1.54) is 25.0 Å². The average Bonchev–Trinajstić information content (AvgIpc) is 3.43. The van der Waals surface area contributed by atoms with Crippen LogP contribution in [0.5, 0.6) is 11.5 Å². The molecular formula is C23H20N4O4S. The van der Waals surface area contributed by atoms with E-state index in [2.05, 4.69) is 5.10 Å². The maximum absolute atomic E-state index is 13.2. The molecule has 5 aromatic rings. The lowest BCUT2D eigenvalue weighted by molar-refractivity contribution is 0.289. The summed E-state index contributed by atoms with van der Waals surface area (Å²) in [6.45, 7) is 0.832. The van der Waals surface area contributed by atoms with Gasteiger partial charge in [0.05, 0.1) is 25.7 Å². The summed E-state index contributed by atoms with van der Waals surface area (Å²) >= 11 is 1.32. The average molecular weight is 449 g/mol. The van der Waals surface area contributed by atoms with Crippen molar-refractivity contribution in [2.45, 2.75) is 13.1 Å². The van der Waals surface area contributed by atoms with Crippen molar-refractivity contribution in [3.63, 3.8) is 0 Å². The van der Waals surface area contributed by atoms with Crippen LogP contribution >= 0.6 is 11.3 Å². The number of fused-ring (bicyclic) bond motifs is 3. The Balaban J connectivity index is 1.55. The molecule has 0 fully saturated rings. The molecule has 3 aromatic heterocycles. The number of nitrogens with zero attached hydrogens (tertiary/aromatic N) is 4. The van der Waals surface area contributed by atoms with E-state index in [1.54, 1.807) is 13.2 Å². The maximum Gasteiger partial charge on any atom is 0.352 e. The van der Waals surface area contributed by atoms with Crippen molar-refractivity contribution < 1.29 is 9.47 Å². The summed E-state index contributed by atoms with van der Waals surface area (Å²) in [5.74, 6) is 1.77. The molecule has 2 aromatic carbocycles. The zero-order chi connectivity index (χ0) is 22.1. The largest absolute Gasteiger partial charge is 0.497 e. The summed E-state index contributed by atoms with van der Waals surface area (Å²) in [6.07, 6.45) is 0. The third-order valence-electron chi connectivity index (χ3n) is 5.20. The van der Waals surface area contributed by atoms with Crippen LogP contribution in [-0.4, -0.2) is 32.5 Å². The van der Waals surface area contributed by atoms with Gasteiger partial charge in [0.1, 0.15) is 22.8 Å². The van der Waals surface area contributed by atoms with Crippen molar-refractivity contribution in [3.05, 3.63) is 92.4 Å². The fourth-order valence-corrected chi connectivity index (χ4v) is 4.43. The van der Waals surface area contributed by atoms with Crippen LogP contribution in [0.2, 0.25) is 0 Å². The molecule has 162 valence electrons. The Kier molecular flexibility index (Phi) is 5.24. The number of methoxy groups -OCH3 is 1. The van der Waals surface area contributed by atoms with Crippen LogP contribution in [0.3, 0.4) is 0 Å². The minimum atomic E-state index is -0.302. The molecule has 0 saturated carbocycles. The van der Waals surface area contributed by atoms with Crippen molar-refractivity contribution in [2.24, 2.45) is 0 Å². The fraction of sp³-hybridized carbons (Fsp3) is 0.174. The Bertz CT molecular complexity index is 1500. The van der Waals surface area contributed by atoms with Crippen LogP contribution < -0.4 is 20.7 Å². The topological polar surface area (TPSA) is 79.8 Å². The lowest BCUT2D eigenvalue weighted by atomic mass is 10.2. The monoisotopic (exact) mass is 448 g/mol. The second-order valence-electron chi connectivity index (χ2n) is 7.18. The van der Waals surface area contributed by atoms with Gasteiger partial charge in [-0.05, 0) is 41.3 Å². The highest BCUT2D eigenvalue weighted by Crippen LogP contribution is 2.19. The standard InChI is InChI=1S/C23H20N4O4S/c1-30-17-9-7-16(8-10-17)15-25-21(28)20-19(11-14-32-20)27-22(25)24-26(23(27)29)12-13-31-18-5-3-2-4-6-18/h2-11,14H,12-13,15H2,1H3. The van der Waals surface area contributed by atoms with Crippen LogP contribution in [-0.2, 0) is 13.1 Å². The second-order valence-corrected chi connectivity index (χ2v) is 8.09. The van der Waals surface area contributed by atoms with Crippen LogP contribution in [0.4, 0.5) is 0 Å². The number of para-hydroxylation sites is 1. The van der Waals surface area contributed by atoms with Crippen LogP contribution in [0.15, 0.2) is 75.6 Å².